The van der Waals surface area contributed by atoms with Gasteiger partial charge < -0.3 is 18.9 Å². The number of hydrogen-bond donors (Lipinski definition) is 0. The Kier molecular flexibility index (Phi) is 4.33. The standard InChI is InChI=1S/C14H16O10S/c1-5(2)14(17)20-4-7(16)22-11-9-8(21-6(3)15)10-12(23-9)13(11)25(18,19)24-10/h8-13H,1,4H2,2-3H3. The summed E-state index contributed by atoms with van der Waals surface area (Å²) in [6.07, 6.45) is -5.06. The van der Waals surface area contributed by atoms with Gasteiger partial charge in [-0.15, -0.1) is 0 Å². The van der Waals surface area contributed by atoms with Crippen molar-refractivity contribution in [1.82, 2.24) is 0 Å². The molecular weight excluding hydrogens is 360 g/mol. The van der Waals surface area contributed by atoms with Crippen LogP contribution in [-0.4, -0.2) is 68.7 Å². The second kappa shape index (κ2) is 6.07. The monoisotopic (exact) mass is 376 g/mol. The van der Waals surface area contributed by atoms with Crippen molar-refractivity contribution in [2.24, 2.45) is 0 Å². The van der Waals surface area contributed by atoms with Gasteiger partial charge in [-0.1, -0.05) is 6.58 Å². The van der Waals surface area contributed by atoms with E-state index in [-0.39, 0.29) is 5.57 Å². The van der Waals surface area contributed by atoms with Gasteiger partial charge >= 0.3 is 17.9 Å². The summed E-state index contributed by atoms with van der Waals surface area (Å²) in [6.45, 7) is 5.21. The van der Waals surface area contributed by atoms with E-state index in [1.165, 1.54) is 6.92 Å². The van der Waals surface area contributed by atoms with Crippen molar-refractivity contribution < 1.29 is 45.9 Å². The Hall–Kier alpha value is -1.98. The minimum atomic E-state index is -4.05. The average molecular weight is 376 g/mol. The topological polar surface area (TPSA) is 132 Å². The van der Waals surface area contributed by atoms with Gasteiger partial charge in [-0.05, 0) is 6.92 Å². The Labute approximate surface area is 143 Å². The van der Waals surface area contributed by atoms with Gasteiger partial charge in [0.05, 0.1) is 0 Å². The van der Waals surface area contributed by atoms with E-state index in [1.807, 2.05) is 0 Å². The molecule has 3 rings (SSSR count). The Morgan fingerprint density at radius 2 is 1.72 bits per heavy atom. The maximum atomic E-state index is 12.1. The predicted molar refractivity (Wildman–Crippen MR) is 77.4 cm³/mol. The van der Waals surface area contributed by atoms with Crippen molar-refractivity contribution in [3.8, 4) is 0 Å². The molecule has 6 atom stereocenters. The fourth-order valence-electron chi connectivity index (χ4n) is 3.16. The number of ether oxygens (including phenoxy) is 4. The molecule has 0 aromatic heterocycles. The highest BCUT2D eigenvalue weighted by atomic mass is 32.2. The fraction of sp³-hybridized carbons (Fsp3) is 0.643. The maximum absolute atomic E-state index is 12.1. The molecule has 0 aliphatic carbocycles. The van der Waals surface area contributed by atoms with Crippen LogP contribution in [0, 0.1) is 0 Å². The van der Waals surface area contributed by atoms with E-state index in [2.05, 4.69) is 11.3 Å². The zero-order valence-corrected chi connectivity index (χ0v) is 14.2. The lowest BCUT2D eigenvalue weighted by atomic mass is 9.92. The number of esters is 3. The van der Waals surface area contributed by atoms with Gasteiger partial charge in [0.25, 0.3) is 10.1 Å². The molecule has 10 nitrogen and oxygen atoms in total. The zero-order valence-electron chi connectivity index (χ0n) is 13.4. The summed E-state index contributed by atoms with van der Waals surface area (Å²) in [7, 11) is -4.05. The molecule has 11 heteroatoms. The lowest BCUT2D eigenvalue weighted by molar-refractivity contribution is -0.168. The minimum absolute atomic E-state index is 0.0978. The van der Waals surface area contributed by atoms with Gasteiger partial charge in [0.15, 0.2) is 24.1 Å². The van der Waals surface area contributed by atoms with Gasteiger partial charge in [0, 0.05) is 12.5 Å². The van der Waals surface area contributed by atoms with E-state index in [9.17, 15) is 22.8 Å². The Morgan fingerprint density at radius 3 is 2.32 bits per heavy atom. The minimum Gasteiger partial charge on any atom is -0.457 e. The fourth-order valence-corrected chi connectivity index (χ4v) is 4.91. The van der Waals surface area contributed by atoms with Crippen molar-refractivity contribution in [2.45, 2.75) is 49.6 Å². The maximum Gasteiger partial charge on any atom is 0.344 e. The van der Waals surface area contributed by atoms with Crippen LogP contribution in [0.4, 0.5) is 0 Å². The number of rotatable bonds is 5. The molecular formula is C14H16O10S. The molecule has 3 fully saturated rings. The van der Waals surface area contributed by atoms with Crippen molar-refractivity contribution in [1.29, 1.82) is 0 Å². The first-order chi connectivity index (χ1) is 11.6. The molecule has 3 aliphatic heterocycles. The number of fused-ring (bicyclic) bond motifs is 1. The van der Waals surface area contributed by atoms with Gasteiger partial charge in [-0.3, -0.25) is 8.98 Å². The zero-order chi connectivity index (χ0) is 18.5. The van der Waals surface area contributed by atoms with Gasteiger partial charge in [-0.25, -0.2) is 9.59 Å². The van der Waals surface area contributed by atoms with Crippen LogP contribution in [0.1, 0.15) is 13.8 Å². The van der Waals surface area contributed by atoms with Crippen LogP contribution in [0.15, 0.2) is 12.2 Å². The molecule has 0 aromatic rings. The molecule has 3 saturated heterocycles. The third kappa shape index (κ3) is 3.02. The first-order valence-corrected chi connectivity index (χ1v) is 8.86. The van der Waals surface area contributed by atoms with Gasteiger partial charge in [0.1, 0.15) is 18.3 Å². The number of hydrogen-bond acceptors (Lipinski definition) is 10. The van der Waals surface area contributed by atoms with E-state index in [0.29, 0.717) is 0 Å². The smallest absolute Gasteiger partial charge is 0.344 e. The second-order valence-corrected chi connectivity index (χ2v) is 7.69. The van der Waals surface area contributed by atoms with Gasteiger partial charge in [-0.2, -0.15) is 8.42 Å². The van der Waals surface area contributed by atoms with Gasteiger partial charge in [0.2, 0.25) is 0 Å². The summed E-state index contributed by atoms with van der Waals surface area (Å²) < 4.78 is 49.6. The predicted octanol–water partition coefficient (Wildman–Crippen LogP) is -1.17. The summed E-state index contributed by atoms with van der Waals surface area (Å²) in [6, 6.07) is 0. The van der Waals surface area contributed by atoms with E-state index in [4.69, 9.17) is 18.4 Å². The van der Waals surface area contributed by atoms with Crippen molar-refractivity contribution in [2.75, 3.05) is 6.61 Å². The molecule has 2 bridgehead atoms. The van der Waals surface area contributed by atoms with Crippen molar-refractivity contribution in [3.63, 3.8) is 0 Å². The molecule has 0 aromatic carbocycles. The first kappa shape index (κ1) is 17.8. The average Bonchev–Trinajstić information content (AvgIpc) is 3.07. The van der Waals surface area contributed by atoms with Crippen LogP contribution < -0.4 is 0 Å². The van der Waals surface area contributed by atoms with E-state index >= 15 is 0 Å². The van der Waals surface area contributed by atoms with E-state index in [1.54, 1.807) is 0 Å². The SMILES string of the molecule is C=C(C)C(=O)OCC(=O)OC1C2OC3C(OS(=O)(=O)C13)C2OC(C)=O. The largest absolute Gasteiger partial charge is 0.457 e. The van der Waals surface area contributed by atoms with E-state index in [0.717, 1.165) is 6.92 Å². The molecule has 138 valence electrons. The molecule has 0 radical (unpaired) electrons. The van der Waals surface area contributed by atoms with E-state index < -0.39 is 70.4 Å². The lowest BCUT2D eigenvalue weighted by Gasteiger charge is -2.27. The van der Waals surface area contributed by atoms with Crippen LogP contribution in [0.25, 0.3) is 0 Å². The highest BCUT2D eigenvalue weighted by Crippen LogP contribution is 2.49. The molecule has 3 aliphatic rings. The summed E-state index contributed by atoms with van der Waals surface area (Å²) in [4.78, 5) is 34.4. The van der Waals surface area contributed by atoms with Crippen molar-refractivity contribution in [3.05, 3.63) is 12.2 Å². The number of carbonyl (C=O) groups excluding carboxylic acids is 3. The third-order valence-electron chi connectivity index (χ3n) is 4.07. The first-order valence-electron chi connectivity index (χ1n) is 7.38. The second-order valence-electron chi connectivity index (χ2n) is 5.97. The normalized spacial score (nSPS) is 36.7. The van der Waals surface area contributed by atoms with Crippen LogP contribution in [0.2, 0.25) is 0 Å². The third-order valence-corrected chi connectivity index (χ3v) is 5.77. The Morgan fingerprint density at radius 1 is 1.04 bits per heavy atom. The molecule has 25 heavy (non-hydrogen) atoms. The summed E-state index contributed by atoms with van der Waals surface area (Å²) in [5.74, 6) is -2.39. The summed E-state index contributed by atoms with van der Waals surface area (Å²) in [5, 5.41) is -1.21. The Balaban J connectivity index is 1.72. The molecule has 3 heterocycles. The Bertz CT molecular complexity index is 741. The summed E-state index contributed by atoms with van der Waals surface area (Å²) in [5.41, 5.74) is 0.0978. The van der Waals surface area contributed by atoms with Crippen LogP contribution in [0.3, 0.4) is 0 Å². The molecule has 0 N–H and O–H groups in total. The molecule has 0 saturated carbocycles. The van der Waals surface area contributed by atoms with Crippen LogP contribution in [0.5, 0.6) is 0 Å². The van der Waals surface area contributed by atoms with Crippen LogP contribution >= 0.6 is 0 Å². The van der Waals surface area contributed by atoms with Crippen LogP contribution in [-0.2, 0) is 47.6 Å². The highest BCUT2D eigenvalue weighted by Gasteiger charge is 2.73. The highest BCUT2D eigenvalue weighted by molar-refractivity contribution is 7.87. The van der Waals surface area contributed by atoms with Crippen molar-refractivity contribution >= 4 is 28.0 Å². The lowest BCUT2D eigenvalue weighted by Crippen LogP contribution is -2.51. The quantitative estimate of drug-likeness (QED) is 0.250. The molecule has 0 spiro atoms. The summed E-state index contributed by atoms with van der Waals surface area (Å²) >= 11 is 0. The molecule has 6 unspecified atom stereocenters. The number of carbonyl (C=O) groups is 3. The molecule has 0 amide bonds.